The molecule has 2 aromatic carbocycles. The van der Waals surface area contributed by atoms with E-state index in [-0.39, 0.29) is 11.8 Å². The Labute approximate surface area is 147 Å². The van der Waals surface area contributed by atoms with Crippen LogP contribution in [-0.4, -0.2) is 35.9 Å². The Bertz CT molecular complexity index is 742. The summed E-state index contributed by atoms with van der Waals surface area (Å²) in [6, 6.07) is 14.6. The smallest absolute Gasteiger partial charge is 0.265 e. The molecule has 1 atom stereocenters. The second-order valence-corrected chi connectivity index (χ2v) is 5.96. The van der Waals surface area contributed by atoms with Gasteiger partial charge in [-0.3, -0.25) is 9.59 Å². The molecule has 1 aliphatic heterocycles. The molecule has 5 heteroatoms. The van der Waals surface area contributed by atoms with Crippen molar-refractivity contribution in [2.45, 2.75) is 26.4 Å². The van der Waals surface area contributed by atoms with Crippen LogP contribution in [0.25, 0.3) is 0 Å². The number of hydrogen-bond acceptors (Lipinski definition) is 3. The molecular weight excluding hydrogens is 316 g/mol. The number of fused-ring (bicyclic) bond motifs is 1. The van der Waals surface area contributed by atoms with E-state index in [0.29, 0.717) is 30.8 Å². The summed E-state index contributed by atoms with van der Waals surface area (Å²) in [5, 5.41) is 2.85. The molecule has 2 aromatic rings. The second-order valence-electron chi connectivity index (χ2n) is 5.96. The van der Waals surface area contributed by atoms with Crippen molar-refractivity contribution in [2.75, 3.05) is 18.4 Å². The number of hydrogen-bond donors (Lipinski definition) is 1. The number of ether oxygens (including phenoxy) is 1. The summed E-state index contributed by atoms with van der Waals surface area (Å²) in [4.78, 5) is 26.4. The summed E-state index contributed by atoms with van der Waals surface area (Å²) in [6.45, 7) is 5.26. The minimum atomic E-state index is -0.519. The average molecular weight is 338 g/mol. The molecule has 0 fully saturated rings. The van der Waals surface area contributed by atoms with Gasteiger partial charge in [-0.15, -0.1) is 0 Å². The minimum Gasteiger partial charge on any atom is -0.480 e. The zero-order valence-electron chi connectivity index (χ0n) is 14.5. The van der Waals surface area contributed by atoms with Crippen LogP contribution >= 0.6 is 0 Å². The van der Waals surface area contributed by atoms with Crippen molar-refractivity contribution < 1.29 is 14.3 Å². The van der Waals surface area contributed by atoms with Crippen LogP contribution in [0.2, 0.25) is 0 Å². The van der Waals surface area contributed by atoms with Crippen LogP contribution in [0.5, 0.6) is 5.75 Å². The van der Waals surface area contributed by atoms with Crippen LogP contribution in [0.4, 0.5) is 5.69 Å². The van der Waals surface area contributed by atoms with Gasteiger partial charge in [0.1, 0.15) is 5.75 Å². The van der Waals surface area contributed by atoms with Gasteiger partial charge >= 0.3 is 0 Å². The quantitative estimate of drug-likeness (QED) is 0.911. The van der Waals surface area contributed by atoms with Gasteiger partial charge in [-0.2, -0.15) is 0 Å². The highest BCUT2D eigenvalue weighted by molar-refractivity contribution is 5.97. The molecule has 1 heterocycles. The Morgan fingerprint density at radius 1 is 1.08 bits per heavy atom. The summed E-state index contributed by atoms with van der Waals surface area (Å²) in [6.07, 6.45) is 0.0509. The van der Waals surface area contributed by atoms with E-state index in [1.165, 1.54) is 0 Å². The van der Waals surface area contributed by atoms with E-state index in [1.807, 2.05) is 38.1 Å². The van der Waals surface area contributed by atoms with Crippen LogP contribution < -0.4 is 10.1 Å². The summed E-state index contributed by atoms with van der Waals surface area (Å²) < 4.78 is 5.69. The minimum absolute atomic E-state index is 0.00236. The number of nitrogens with zero attached hydrogens (tertiary/aromatic N) is 1. The number of carbonyl (C=O) groups excluding carboxylic acids is 2. The van der Waals surface area contributed by atoms with E-state index in [1.54, 1.807) is 29.2 Å². The van der Waals surface area contributed by atoms with Crippen molar-refractivity contribution >= 4 is 17.5 Å². The SMILES string of the molecule is CCN(CC)C(=O)c1ccc(NC(=O)[C@H]2Cc3ccccc3O2)cc1. The molecule has 0 spiro atoms. The van der Waals surface area contributed by atoms with E-state index < -0.39 is 6.10 Å². The largest absolute Gasteiger partial charge is 0.480 e. The second kappa shape index (κ2) is 7.38. The third-order valence-corrected chi connectivity index (χ3v) is 4.39. The van der Waals surface area contributed by atoms with Gasteiger partial charge in [0.15, 0.2) is 6.10 Å². The lowest BCUT2D eigenvalue weighted by Gasteiger charge is -2.18. The molecule has 0 saturated carbocycles. The number of anilines is 1. The highest BCUT2D eigenvalue weighted by Crippen LogP contribution is 2.28. The number of para-hydroxylation sites is 1. The molecule has 2 amide bonds. The number of rotatable bonds is 5. The predicted molar refractivity (Wildman–Crippen MR) is 96.9 cm³/mol. The fraction of sp³-hybridized carbons (Fsp3) is 0.300. The monoisotopic (exact) mass is 338 g/mol. The molecule has 1 aliphatic rings. The molecule has 0 saturated heterocycles. The molecule has 25 heavy (non-hydrogen) atoms. The maximum Gasteiger partial charge on any atom is 0.265 e. The molecule has 1 N–H and O–H groups in total. The van der Waals surface area contributed by atoms with Gasteiger partial charge < -0.3 is 15.0 Å². The first-order chi connectivity index (χ1) is 12.1. The number of carbonyl (C=O) groups is 2. The maximum absolute atomic E-state index is 12.4. The Kier molecular flexibility index (Phi) is 5.03. The highest BCUT2D eigenvalue weighted by Gasteiger charge is 2.28. The molecular formula is C20H22N2O3. The van der Waals surface area contributed by atoms with Crippen molar-refractivity contribution in [2.24, 2.45) is 0 Å². The number of amides is 2. The van der Waals surface area contributed by atoms with Crippen LogP contribution in [0.15, 0.2) is 48.5 Å². The van der Waals surface area contributed by atoms with Crippen LogP contribution in [0.3, 0.4) is 0 Å². The summed E-state index contributed by atoms with van der Waals surface area (Å²) in [5.41, 5.74) is 2.31. The van der Waals surface area contributed by atoms with Crippen molar-refractivity contribution in [3.8, 4) is 5.75 Å². The lowest BCUT2D eigenvalue weighted by Crippen LogP contribution is -2.31. The molecule has 0 unspecified atom stereocenters. The molecule has 0 radical (unpaired) electrons. The van der Waals surface area contributed by atoms with E-state index in [9.17, 15) is 9.59 Å². The number of benzene rings is 2. The highest BCUT2D eigenvalue weighted by atomic mass is 16.5. The topological polar surface area (TPSA) is 58.6 Å². The summed E-state index contributed by atoms with van der Waals surface area (Å²) in [7, 11) is 0. The molecule has 0 aliphatic carbocycles. The lowest BCUT2D eigenvalue weighted by atomic mass is 10.1. The third kappa shape index (κ3) is 3.65. The average Bonchev–Trinajstić information content (AvgIpc) is 3.07. The summed E-state index contributed by atoms with van der Waals surface area (Å²) in [5.74, 6) is 0.583. The van der Waals surface area contributed by atoms with Gasteiger partial charge in [0, 0.05) is 30.8 Å². The van der Waals surface area contributed by atoms with E-state index in [2.05, 4.69) is 5.32 Å². The molecule has 0 aromatic heterocycles. The van der Waals surface area contributed by atoms with Crippen LogP contribution in [-0.2, 0) is 11.2 Å². The van der Waals surface area contributed by atoms with Gasteiger partial charge in [0.2, 0.25) is 0 Å². The maximum atomic E-state index is 12.4. The molecule has 130 valence electrons. The standard InChI is InChI=1S/C20H22N2O3/c1-3-22(4-2)20(24)14-9-11-16(12-10-14)21-19(23)18-13-15-7-5-6-8-17(15)25-18/h5-12,18H,3-4,13H2,1-2H3,(H,21,23)/t18-/m1/s1. The predicted octanol–water partition coefficient (Wildman–Crippen LogP) is 3.11. The zero-order valence-corrected chi connectivity index (χ0v) is 14.5. The first-order valence-electron chi connectivity index (χ1n) is 8.57. The van der Waals surface area contributed by atoms with Gasteiger partial charge in [0.25, 0.3) is 11.8 Å². The first-order valence-corrected chi connectivity index (χ1v) is 8.57. The van der Waals surface area contributed by atoms with Crippen LogP contribution in [0.1, 0.15) is 29.8 Å². The summed E-state index contributed by atoms with van der Waals surface area (Å²) >= 11 is 0. The van der Waals surface area contributed by atoms with Gasteiger partial charge in [-0.05, 0) is 49.7 Å². The van der Waals surface area contributed by atoms with Crippen molar-refractivity contribution in [1.82, 2.24) is 4.90 Å². The Morgan fingerprint density at radius 2 is 1.76 bits per heavy atom. The van der Waals surface area contributed by atoms with Gasteiger partial charge in [-0.25, -0.2) is 0 Å². The Balaban J connectivity index is 1.62. The van der Waals surface area contributed by atoms with Crippen molar-refractivity contribution in [3.05, 3.63) is 59.7 Å². The van der Waals surface area contributed by atoms with Crippen LogP contribution in [0, 0.1) is 0 Å². The fourth-order valence-electron chi connectivity index (χ4n) is 2.94. The molecule has 0 bridgehead atoms. The van der Waals surface area contributed by atoms with E-state index >= 15 is 0 Å². The van der Waals surface area contributed by atoms with Crippen molar-refractivity contribution in [3.63, 3.8) is 0 Å². The fourth-order valence-corrected chi connectivity index (χ4v) is 2.94. The lowest BCUT2D eigenvalue weighted by molar-refractivity contribution is -0.122. The normalized spacial score (nSPS) is 15.2. The Hall–Kier alpha value is -2.82. The number of nitrogens with one attached hydrogen (secondary N) is 1. The zero-order chi connectivity index (χ0) is 17.8. The van der Waals surface area contributed by atoms with Gasteiger partial charge in [0.05, 0.1) is 0 Å². The molecule has 5 nitrogen and oxygen atoms in total. The first kappa shape index (κ1) is 17.0. The Morgan fingerprint density at radius 3 is 2.40 bits per heavy atom. The van der Waals surface area contributed by atoms with Crippen molar-refractivity contribution in [1.29, 1.82) is 0 Å². The third-order valence-electron chi connectivity index (χ3n) is 4.39. The van der Waals surface area contributed by atoms with E-state index in [4.69, 9.17) is 4.74 Å². The van der Waals surface area contributed by atoms with Gasteiger partial charge in [-0.1, -0.05) is 18.2 Å². The van der Waals surface area contributed by atoms with E-state index in [0.717, 1.165) is 11.3 Å². The molecule has 3 rings (SSSR count).